The van der Waals surface area contributed by atoms with Gasteiger partial charge in [-0.1, -0.05) is 39.7 Å². The fourth-order valence-electron chi connectivity index (χ4n) is 2.68. The molecule has 0 aromatic heterocycles. The van der Waals surface area contributed by atoms with Crippen LogP contribution in [0.25, 0.3) is 0 Å². The van der Waals surface area contributed by atoms with Gasteiger partial charge in [0, 0.05) is 0 Å². The molecule has 0 fully saturated rings. The monoisotopic (exact) mass is 350 g/mol. The number of benzene rings is 1. The first kappa shape index (κ1) is 21.0. The topological polar surface area (TPSA) is 61.8 Å². The SMILES string of the molecule is CCCCCOC(=O)C(CC(C)C)C(=O)c1c(OC)cccc1OC. The van der Waals surface area contributed by atoms with Gasteiger partial charge in [0.2, 0.25) is 0 Å². The Bertz CT molecular complexity index is 543. The van der Waals surface area contributed by atoms with Crippen LogP contribution in [0.3, 0.4) is 0 Å². The summed E-state index contributed by atoms with van der Waals surface area (Å²) in [6, 6.07) is 5.12. The number of Topliss-reactive ketones (excluding diaryl/α,β-unsaturated/α-hetero) is 1. The van der Waals surface area contributed by atoms with E-state index in [-0.39, 0.29) is 11.7 Å². The van der Waals surface area contributed by atoms with E-state index in [9.17, 15) is 9.59 Å². The van der Waals surface area contributed by atoms with Gasteiger partial charge in [0.05, 0.1) is 20.8 Å². The van der Waals surface area contributed by atoms with Gasteiger partial charge in [0.1, 0.15) is 23.0 Å². The predicted molar refractivity (Wildman–Crippen MR) is 97.3 cm³/mol. The third-order valence-electron chi connectivity index (χ3n) is 3.97. The second-order valence-electron chi connectivity index (χ2n) is 6.46. The van der Waals surface area contributed by atoms with E-state index in [4.69, 9.17) is 14.2 Å². The Hall–Kier alpha value is -2.04. The zero-order valence-electron chi connectivity index (χ0n) is 16.0. The lowest BCUT2D eigenvalue weighted by molar-refractivity contribution is -0.147. The van der Waals surface area contributed by atoms with Crippen LogP contribution in [-0.2, 0) is 9.53 Å². The molecule has 0 aliphatic carbocycles. The van der Waals surface area contributed by atoms with Gasteiger partial charge >= 0.3 is 5.97 Å². The summed E-state index contributed by atoms with van der Waals surface area (Å²) in [6.07, 6.45) is 3.27. The Morgan fingerprint density at radius 2 is 1.64 bits per heavy atom. The van der Waals surface area contributed by atoms with E-state index in [0.717, 1.165) is 19.3 Å². The van der Waals surface area contributed by atoms with Crippen molar-refractivity contribution in [2.45, 2.75) is 46.5 Å². The summed E-state index contributed by atoms with van der Waals surface area (Å²) in [5, 5.41) is 0. The first-order valence-electron chi connectivity index (χ1n) is 8.88. The smallest absolute Gasteiger partial charge is 0.316 e. The zero-order valence-corrected chi connectivity index (χ0v) is 16.0. The predicted octanol–water partition coefficient (Wildman–Crippen LogP) is 4.28. The zero-order chi connectivity index (χ0) is 18.8. The van der Waals surface area contributed by atoms with Gasteiger partial charge in [-0.25, -0.2) is 0 Å². The number of carbonyl (C=O) groups excluding carboxylic acids is 2. The molecule has 0 radical (unpaired) electrons. The van der Waals surface area contributed by atoms with E-state index in [0.29, 0.717) is 30.1 Å². The third kappa shape index (κ3) is 6.07. The molecule has 140 valence electrons. The average Bonchev–Trinajstić information content (AvgIpc) is 2.61. The molecule has 1 atom stereocenters. The number of unbranched alkanes of at least 4 members (excludes halogenated alkanes) is 2. The van der Waals surface area contributed by atoms with Crippen molar-refractivity contribution in [2.24, 2.45) is 11.8 Å². The molecule has 0 heterocycles. The molecule has 0 N–H and O–H groups in total. The highest BCUT2D eigenvalue weighted by Crippen LogP contribution is 2.32. The van der Waals surface area contributed by atoms with Gasteiger partial charge in [-0.15, -0.1) is 0 Å². The molecule has 0 spiro atoms. The summed E-state index contributed by atoms with van der Waals surface area (Å²) < 4.78 is 16.0. The Balaban J connectivity index is 3.06. The van der Waals surface area contributed by atoms with Crippen molar-refractivity contribution in [1.82, 2.24) is 0 Å². The maximum absolute atomic E-state index is 13.1. The first-order chi connectivity index (χ1) is 12.0. The Morgan fingerprint density at radius 1 is 1.04 bits per heavy atom. The summed E-state index contributed by atoms with van der Waals surface area (Å²) in [5.41, 5.74) is 0.295. The fourth-order valence-corrected chi connectivity index (χ4v) is 2.68. The maximum Gasteiger partial charge on any atom is 0.316 e. The Kier molecular flexibility index (Phi) is 9.03. The molecule has 1 aromatic carbocycles. The van der Waals surface area contributed by atoms with Gasteiger partial charge in [-0.2, -0.15) is 0 Å². The lowest BCUT2D eigenvalue weighted by Gasteiger charge is -2.19. The summed E-state index contributed by atoms with van der Waals surface area (Å²) in [5.74, 6) is -0.662. The molecule has 0 aliphatic rings. The second-order valence-corrected chi connectivity index (χ2v) is 6.46. The number of ketones is 1. The van der Waals surface area contributed by atoms with Crippen molar-refractivity contribution in [2.75, 3.05) is 20.8 Å². The fraction of sp³-hybridized carbons (Fsp3) is 0.600. The number of hydrogen-bond donors (Lipinski definition) is 0. The largest absolute Gasteiger partial charge is 0.496 e. The van der Waals surface area contributed by atoms with E-state index in [1.54, 1.807) is 18.2 Å². The highest BCUT2D eigenvalue weighted by atomic mass is 16.5. The van der Waals surface area contributed by atoms with Crippen LogP contribution < -0.4 is 9.47 Å². The van der Waals surface area contributed by atoms with E-state index in [2.05, 4.69) is 6.92 Å². The minimum absolute atomic E-state index is 0.179. The number of hydrogen-bond acceptors (Lipinski definition) is 5. The van der Waals surface area contributed by atoms with Gasteiger partial charge in [0.25, 0.3) is 0 Å². The molecule has 0 saturated heterocycles. The van der Waals surface area contributed by atoms with Crippen LogP contribution in [0, 0.1) is 11.8 Å². The molecule has 5 heteroatoms. The van der Waals surface area contributed by atoms with Gasteiger partial charge < -0.3 is 14.2 Å². The van der Waals surface area contributed by atoms with Crippen molar-refractivity contribution in [3.8, 4) is 11.5 Å². The van der Waals surface area contributed by atoms with Crippen LogP contribution in [0.2, 0.25) is 0 Å². The highest BCUT2D eigenvalue weighted by Gasteiger charge is 2.33. The molecular weight excluding hydrogens is 320 g/mol. The van der Waals surface area contributed by atoms with Crippen LogP contribution in [-0.4, -0.2) is 32.6 Å². The van der Waals surface area contributed by atoms with E-state index < -0.39 is 11.9 Å². The van der Waals surface area contributed by atoms with Gasteiger partial charge in [-0.3, -0.25) is 9.59 Å². The lowest BCUT2D eigenvalue weighted by Crippen LogP contribution is -2.28. The summed E-state index contributed by atoms with van der Waals surface area (Å²) in [6.45, 7) is 6.38. The van der Waals surface area contributed by atoms with Crippen molar-refractivity contribution in [3.05, 3.63) is 23.8 Å². The maximum atomic E-state index is 13.1. The summed E-state index contributed by atoms with van der Waals surface area (Å²) in [7, 11) is 2.98. The molecule has 0 amide bonds. The van der Waals surface area contributed by atoms with Crippen molar-refractivity contribution in [1.29, 1.82) is 0 Å². The normalized spacial score (nSPS) is 11.9. The molecule has 5 nitrogen and oxygen atoms in total. The van der Waals surface area contributed by atoms with Gasteiger partial charge in [-0.05, 0) is 30.9 Å². The number of methoxy groups -OCH3 is 2. The van der Waals surface area contributed by atoms with Crippen LogP contribution in [0.4, 0.5) is 0 Å². The summed E-state index contributed by atoms with van der Waals surface area (Å²) in [4.78, 5) is 25.6. The minimum atomic E-state index is -0.855. The van der Waals surface area contributed by atoms with Crippen LogP contribution in [0.1, 0.15) is 56.8 Å². The van der Waals surface area contributed by atoms with Crippen LogP contribution in [0.5, 0.6) is 11.5 Å². The molecule has 25 heavy (non-hydrogen) atoms. The van der Waals surface area contributed by atoms with Crippen LogP contribution >= 0.6 is 0 Å². The molecule has 0 bridgehead atoms. The first-order valence-corrected chi connectivity index (χ1v) is 8.88. The van der Waals surface area contributed by atoms with E-state index in [1.807, 2.05) is 13.8 Å². The Morgan fingerprint density at radius 3 is 2.12 bits per heavy atom. The average molecular weight is 350 g/mol. The van der Waals surface area contributed by atoms with E-state index in [1.165, 1.54) is 14.2 Å². The number of carbonyl (C=O) groups is 2. The number of rotatable bonds is 11. The Labute approximate surface area is 150 Å². The minimum Gasteiger partial charge on any atom is -0.496 e. The number of ether oxygens (including phenoxy) is 3. The molecular formula is C20H30O5. The van der Waals surface area contributed by atoms with Crippen molar-refractivity contribution >= 4 is 11.8 Å². The molecule has 1 unspecified atom stereocenters. The van der Waals surface area contributed by atoms with Crippen LogP contribution in [0.15, 0.2) is 18.2 Å². The molecule has 0 aliphatic heterocycles. The second kappa shape index (κ2) is 10.7. The van der Waals surface area contributed by atoms with Crippen molar-refractivity contribution in [3.63, 3.8) is 0 Å². The number of esters is 1. The molecule has 0 saturated carbocycles. The third-order valence-corrected chi connectivity index (χ3v) is 3.97. The standard InChI is InChI=1S/C20H30O5/c1-6-7-8-12-25-20(22)15(13-14(2)3)19(21)18-16(23-4)10-9-11-17(18)24-5/h9-11,14-15H,6-8,12-13H2,1-5H3. The molecule has 1 rings (SSSR count). The highest BCUT2D eigenvalue weighted by molar-refractivity contribution is 6.11. The van der Waals surface area contributed by atoms with E-state index >= 15 is 0 Å². The van der Waals surface area contributed by atoms with Crippen molar-refractivity contribution < 1.29 is 23.8 Å². The molecule has 1 aromatic rings. The quantitative estimate of drug-likeness (QED) is 0.258. The van der Waals surface area contributed by atoms with Gasteiger partial charge in [0.15, 0.2) is 5.78 Å². The summed E-state index contributed by atoms with van der Waals surface area (Å²) >= 11 is 0. The lowest BCUT2D eigenvalue weighted by atomic mass is 9.89.